The Morgan fingerprint density at radius 3 is 1.85 bits per heavy atom. The van der Waals surface area contributed by atoms with Crippen LogP contribution in [0.15, 0.2) is 18.2 Å². The second-order valence-corrected chi connectivity index (χ2v) is 9.73. The highest BCUT2D eigenvalue weighted by atomic mass is 16.8. The molecule has 1 N–H and O–H groups in total. The van der Waals surface area contributed by atoms with Crippen molar-refractivity contribution in [1.82, 2.24) is 5.32 Å². The highest BCUT2D eigenvalue weighted by Crippen LogP contribution is 2.30. The second kappa shape index (κ2) is 17.9. The summed E-state index contributed by atoms with van der Waals surface area (Å²) in [5, 5.41) is 3.01. The zero-order valence-corrected chi connectivity index (χ0v) is 24.6. The van der Waals surface area contributed by atoms with Gasteiger partial charge in [0, 0.05) is 6.54 Å². The van der Waals surface area contributed by atoms with Crippen LogP contribution < -0.4 is 14.8 Å². The zero-order valence-electron chi connectivity index (χ0n) is 24.6. The molecule has 0 aliphatic heterocycles. The second-order valence-electron chi connectivity index (χ2n) is 9.73. The van der Waals surface area contributed by atoms with E-state index >= 15 is 0 Å². The van der Waals surface area contributed by atoms with Crippen LogP contribution in [0.2, 0.25) is 0 Å². The Balaban J connectivity index is 3.04. The van der Waals surface area contributed by atoms with Crippen LogP contribution in [0.1, 0.15) is 66.9 Å². The largest absolute Gasteiger partial charge is 0.514 e. The first-order chi connectivity index (χ1) is 18.9. The topological polar surface area (TPSA) is 145 Å². The van der Waals surface area contributed by atoms with Gasteiger partial charge in [0.05, 0.1) is 13.7 Å². The molecule has 1 aromatic rings. The molecular weight excluding hydrogens is 526 g/mol. The van der Waals surface area contributed by atoms with Crippen molar-refractivity contribution in [3.8, 4) is 11.5 Å². The van der Waals surface area contributed by atoms with E-state index in [1.54, 1.807) is 26.8 Å². The van der Waals surface area contributed by atoms with Crippen molar-refractivity contribution in [2.24, 2.45) is 5.92 Å². The highest BCUT2D eigenvalue weighted by Gasteiger charge is 2.24. The number of carbonyl (C=O) groups is 4. The minimum atomic E-state index is -0.982. The molecule has 1 rings (SSSR count). The fourth-order valence-corrected chi connectivity index (χ4v) is 2.97. The number of hydrogen-bond acceptors (Lipinski definition) is 12. The smallest absolute Gasteiger partial charge is 0.468 e. The van der Waals surface area contributed by atoms with E-state index in [4.69, 9.17) is 33.2 Å². The predicted octanol–water partition coefficient (Wildman–Crippen LogP) is 5.19. The maximum absolute atomic E-state index is 12.5. The van der Waals surface area contributed by atoms with E-state index in [-0.39, 0.29) is 43.1 Å². The summed E-state index contributed by atoms with van der Waals surface area (Å²) >= 11 is 0. The maximum Gasteiger partial charge on any atom is 0.514 e. The number of nitrogens with one attached hydrogen (secondary N) is 1. The third kappa shape index (κ3) is 13.5. The molecule has 0 aromatic heterocycles. The summed E-state index contributed by atoms with van der Waals surface area (Å²) in [6, 6.07) is 3.62. The van der Waals surface area contributed by atoms with Crippen LogP contribution in [0.4, 0.5) is 14.4 Å². The van der Waals surface area contributed by atoms with Gasteiger partial charge in [0.2, 0.25) is 0 Å². The lowest BCUT2D eigenvalue weighted by Crippen LogP contribution is -2.43. The summed E-state index contributed by atoms with van der Waals surface area (Å²) in [6.07, 6.45) is -2.85. The first-order valence-electron chi connectivity index (χ1n) is 13.4. The van der Waals surface area contributed by atoms with Crippen LogP contribution in [0, 0.1) is 5.92 Å². The summed E-state index contributed by atoms with van der Waals surface area (Å²) in [5.74, 6) is -0.564. The van der Waals surface area contributed by atoms with Crippen LogP contribution in [-0.2, 0) is 34.9 Å². The molecule has 0 bridgehead atoms. The molecule has 0 saturated carbocycles. The first kappa shape index (κ1) is 34.5. The van der Waals surface area contributed by atoms with Crippen molar-refractivity contribution >= 4 is 24.4 Å². The zero-order chi connectivity index (χ0) is 30.2. The van der Waals surface area contributed by atoms with Crippen molar-refractivity contribution in [2.45, 2.75) is 92.1 Å². The van der Waals surface area contributed by atoms with Gasteiger partial charge in [-0.25, -0.2) is 14.4 Å². The Labute approximate surface area is 235 Å². The average molecular weight is 570 g/mol. The molecule has 0 amide bonds. The van der Waals surface area contributed by atoms with Gasteiger partial charge in [-0.05, 0) is 63.6 Å². The Morgan fingerprint density at radius 1 is 0.775 bits per heavy atom. The number of hydrogen-bond donors (Lipinski definition) is 1. The summed E-state index contributed by atoms with van der Waals surface area (Å²) in [7, 11) is 1.25. The molecule has 4 atom stereocenters. The Bertz CT molecular complexity index is 966. The molecule has 0 spiro atoms. The lowest BCUT2D eigenvalue weighted by atomic mass is 10.0. The van der Waals surface area contributed by atoms with Crippen molar-refractivity contribution in [3.63, 3.8) is 0 Å². The lowest BCUT2D eigenvalue weighted by Gasteiger charge is -2.20. The molecule has 12 nitrogen and oxygen atoms in total. The van der Waals surface area contributed by atoms with Crippen molar-refractivity contribution in [1.29, 1.82) is 0 Å². The molecule has 0 radical (unpaired) electrons. The molecule has 1 aromatic carbocycles. The number of carbonyl (C=O) groups excluding carboxylic acids is 4. The van der Waals surface area contributed by atoms with Crippen LogP contribution >= 0.6 is 0 Å². The monoisotopic (exact) mass is 569 g/mol. The molecular formula is C28H43NO11. The highest BCUT2D eigenvalue weighted by molar-refractivity contribution is 5.76. The van der Waals surface area contributed by atoms with E-state index in [1.165, 1.54) is 19.2 Å². The number of rotatable bonds is 15. The molecule has 0 fully saturated rings. The van der Waals surface area contributed by atoms with Crippen LogP contribution in [0.3, 0.4) is 0 Å². The number of ether oxygens (including phenoxy) is 7. The van der Waals surface area contributed by atoms with Gasteiger partial charge in [0.25, 0.3) is 0 Å². The molecule has 0 heterocycles. The minimum Gasteiger partial charge on any atom is -0.468 e. The molecule has 0 aliphatic carbocycles. The minimum absolute atomic E-state index is 0.0670. The SMILES string of the molecule is CCC(C)OC(=O)Oc1ccc(C[C@H](NCC(C)OC(=O)OCC(C)C)C(=O)OC)cc1OC(=O)OC(C)CC. The standard InChI is InChI=1S/C28H43NO11/c1-9-18(5)36-27(32)39-23-12-11-21(14-24(23)40-28(33)37-19(6)10-2)13-22(25(30)34-8)29-15-20(7)38-26(31)35-16-17(3)4/h11-12,14,17-20,22,29H,9-10,13,15-16H2,1-8H3/t18?,19?,20?,22-/m0/s1. The van der Waals surface area contributed by atoms with Gasteiger partial charge in [-0.1, -0.05) is 33.8 Å². The van der Waals surface area contributed by atoms with E-state index in [0.717, 1.165) is 0 Å². The summed E-state index contributed by atoms with van der Waals surface area (Å²) in [5.41, 5.74) is 0.543. The van der Waals surface area contributed by atoms with Gasteiger partial charge < -0.3 is 38.5 Å². The fraction of sp³-hybridized carbons (Fsp3) is 0.643. The fourth-order valence-electron chi connectivity index (χ4n) is 2.97. The van der Waals surface area contributed by atoms with Gasteiger partial charge in [0.15, 0.2) is 11.5 Å². The van der Waals surface area contributed by atoms with Crippen LogP contribution in [0.25, 0.3) is 0 Å². The van der Waals surface area contributed by atoms with Gasteiger partial charge in [0.1, 0.15) is 24.4 Å². The van der Waals surface area contributed by atoms with E-state index in [2.05, 4.69) is 5.32 Å². The van der Waals surface area contributed by atoms with E-state index < -0.39 is 42.7 Å². The van der Waals surface area contributed by atoms with E-state index in [9.17, 15) is 19.2 Å². The molecule has 40 heavy (non-hydrogen) atoms. The summed E-state index contributed by atoms with van der Waals surface area (Å²) in [4.78, 5) is 48.8. The van der Waals surface area contributed by atoms with Gasteiger partial charge in [-0.15, -0.1) is 0 Å². The van der Waals surface area contributed by atoms with Crippen molar-refractivity contribution in [2.75, 3.05) is 20.3 Å². The van der Waals surface area contributed by atoms with Crippen LogP contribution in [0.5, 0.6) is 11.5 Å². The summed E-state index contributed by atoms with van der Waals surface area (Å²) in [6.45, 7) is 12.9. The Morgan fingerprint density at radius 2 is 1.32 bits per heavy atom. The van der Waals surface area contributed by atoms with Crippen LogP contribution in [-0.4, -0.2) is 69.1 Å². The average Bonchev–Trinajstić information content (AvgIpc) is 2.90. The third-order valence-electron chi connectivity index (χ3n) is 5.55. The normalized spacial score (nSPS) is 13.8. The first-order valence-corrected chi connectivity index (χ1v) is 13.4. The molecule has 226 valence electrons. The molecule has 0 saturated heterocycles. The van der Waals surface area contributed by atoms with Crippen molar-refractivity contribution in [3.05, 3.63) is 23.8 Å². The number of methoxy groups -OCH3 is 1. The molecule has 3 unspecified atom stereocenters. The quantitative estimate of drug-likeness (QED) is 0.169. The third-order valence-corrected chi connectivity index (χ3v) is 5.55. The van der Waals surface area contributed by atoms with Gasteiger partial charge in [-0.2, -0.15) is 0 Å². The Hall–Kier alpha value is -3.54. The van der Waals surface area contributed by atoms with Gasteiger partial charge in [-0.3, -0.25) is 4.79 Å². The van der Waals surface area contributed by atoms with Crippen molar-refractivity contribution < 1.29 is 52.3 Å². The Kier molecular flexibility index (Phi) is 15.5. The lowest BCUT2D eigenvalue weighted by molar-refractivity contribution is -0.143. The number of benzene rings is 1. The van der Waals surface area contributed by atoms with E-state index in [1.807, 2.05) is 27.7 Å². The molecule has 0 aliphatic rings. The van der Waals surface area contributed by atoms with E-state index in [0.29, 0.717) is 18.4 Å². The predicted molar refractivity (Wildman–Crippen MR) is 144 cm³/mol. The number of esters is 1. The molecule has 12 heteroatoms. The van der Waals surface area contributed by atoms with Gasteiger partial charge >= 0.3 is 24.4 Å². The maximum atomic E-state index is 12.5. The summed E-state index contributed by atoms with van der Waals surface area (Å²) < 4.78 is 36.1.